The number of rotatable bonds is 3. The maximum atomic E-state index is 13.2. The summed E-state index contributed by atoms with van der Waals surface area (Å²) < 4.78 is 20.3. The molecule has 2 heterocycles. The fraction of sp³-hybridized carbons (Fsp3) is 0. The molecule has 0 spiro atoms. The monoisotopic (exact) mass is 322 g/mol. The maximum Gasteiger partial charge on any atom is 0.260 e. The molecule has 4 aromatic rings. The summed E-state index contributed by atoms with van der Waals surface area (Å²) in [5, 5.41) is 4.41. The molecule has 118 valence electrons. The minimum atomic E-state index is -0.392. The van der Waals surface area contributed by atoms with Crippen molar-refractivity contribution in [3.05, 3.63) is 77.1 Å². The number of hydrogen-bond donors (Lipinski definition) is 1. The lowest BCUT2D eigenvalue weighted by molar-refractivity contribution is 0.477. The van der Waals surface area contributed by atoms with Gasteiger partial charge in [-0.3, -0.25) is 9.78 Å². The Balaban J connectivity index is 1.75. The van der Waals surface area contributed by atoms with E-state index in [9.17, 15) is 9.18 Å². The van der Waals surface area contributed by atoms with E-state index in [0.29, 0.717) is 28.4 Å². The number of aromatic nitrogens is 4. The molecule has 0 saturated carbocycles. The lowest BCUT2D eigenvalue weighted by atomic mass is 10.2. The number of H-pyrrole nitrogens is 1. The van der Waals surface area contributed by atoms with Crippen LogP contribution >= 0.6 is 0 Å². The van der Waals surface area contributed by atoms with E-state index in [2.05, 4.69) is 15.1 Å². The highest BCUT2D eigenvalue weighted by molar-refractivity contribution is 5.79. The molecule has 0 aliphatic heterocycles. The molecule has 0 radical (unpaired) electrons. The van der Waals surface area contributed by atoms with E-state index >= 15 is 0 Å². The van der Waals surface area contributed by atoms with E-state index < -0.39 is 5.82 Å². The van der Waals surface area contributed by atoms with Crippen LogP contribution in [0.1, 0.15) is 0 Å². The molecule has 2 aromatic heterocycles. The second-order valence-electron chi connectivity index (χ2n) is 5.08. The van der Waals surface area contributed by atoms with Gasteiger partial charge in [0.15, 0.2) is 0 Å². The third kappa shape index (κ3) is 2.63. The van der Waals surface area contributed by atoms with Gasteiger partial charge in [0.2, 0.25) is 5.95 Å². The Morgan fingerprint density at radius 1 is 1.08 bits per heavy atom. The van der Waals surface area contributed by atoms with E-state index in [1.54, 1.807) is 48.8 Å². The average Bonchev–Trinajstić information content (AvgIpc) is 3.10. The van der Waals surface area contributed by atoms with Gasteiger partial charge in [0.1, 0.15) is 17.3 Å². The van der Waals surface area contributed by atoms with Crippen LogP contribution in [0.2, 0.25) is 0 Å². The van der Waals surface area contributed by atoms with Gasteiger partial charge >= 0.3 is 0 Å². The highest BCUT2D eigenvalue weighted by atomic mass is 19.1. The number of halogens is 1. The lowest BCUT2D eigenvalue weighted by Gasteiger charge is -2.07. The third-order valence-electron chi connectivity index (χ3n) is 3.42. The van der Waals surface area contributed by atoms with Gasteiger partial charge < -0.3 is 4.74 Å². The van der Waals surface area contributed by atoms with Crippen LogP contribution in [0.4, 0.5) is 4.39 Å². The van der Waals surface area contributed by atoms with Crippen molar-refractivity contribution in [2.45, 2.75) is 0 Å². The van der Waals surface area contributed by atoms with Gasteiger partial charge in [-0.1, -0.05) is 6.07 Å². The highest BCUT2D eigenvalue weighted by Crippen LogP contribution is 2.24. The first-order chi connectivity index (χ1) is 11.7. The molecule has 2 aromatic carbocycles. The molecule has 4 rings (SSSR count). The Hall–Kier alpha value is -3.48. The van der Waals surface area contributed by atoms with E-state index in [4.69, 9.17) is 4.74 Å². The molecule has 0 unspecified atom stereocenters. The summed E-state index contributed by atoms with van der Waals surface area (Å²) >= 11 is 0. The largest absolute Gasteiger partial charge is 0.457 e. The van der Waals surface area contributed by atoms with Crippen molar-refractivity contribution < 1.29 is 9.13 Å². The molecule has 6 nitrogen and oxygen atoms in total. The fourth-order valence-corrected chi connectivity index (χ4v) is 2.34. The Labute approximate surface area is 135 Å². The fourth-order valence-electron chi connectivity index (χ4n) is 2.34. The summed E-state index contributed by atoms with van der Waals surface area (Å²) in [5.74, 6) is 0.715. The number of ether oxygens (including phenoxy) is 1. The molecule has 0 bridgehead atoms. The second kappa shape index (κ2) is 5.62. The molecular formula is C17H11FN4O2. The van der Waals surface area contributed by atoms with Crippen molar-refractivity contribution in [2.75, 3.05) is 0 Å². The first-order valence-electron chi connectivity index (χ1n) is 7.16. The molecule has 0 aliphatic carbocycles. The van der Waals surface area contributed by atoms with Crippen LogP contribution < -0.4 is 10.3 Å². The molecule has 0 aliphatic rings. The van der Waals surface area contributed by atoms with Crippen LogP contribution in [0.5, 0.6) is 11.5 Å². The minimum Gasteiger partial charge on any atom is -0.457 e. The maximum absolute atomic E-state index is 13.2. The van der Waals surface area contributed by atoms with Crippen LogP contribution in [-0.4, -0.2) is 19.7 Å². The number of benzene rings is 2. The first-order valence-corrected chi connectivity index (χ1v) is 7.16. The van der Waals surface area contributed by atoms with E-state index in [1.807, 2.05) is 0 Å². The summed E-state index contributed by atoms with van der Waals surface area (Å²) in [6.07, 6.45) is 3.28. The Kier molecular flexibility index (Phi) is 3.31. The first kappa shape index (κ1) is 14.1. The standard InChI is InChI=1S/C17H11FN4O2/c18-11-3-1-4-12(9-11)24-13-5-6-15-14(10-13)16(23)21-17(20-15)22-8-2-7-19-22/h1-10H,(H,20,21,23). The van der Waals surface area contributed by atoms with Gasteiger partial charge in [0.05, 0.1) is 10.9 Å². The summed E-state index contributed by atoms with van der Waals surface area (Å²) in [7, 11) is 0. The molecule has 0 amide bonds. The van der Waals surface area contributed by atoms with Crippen LogP contribution in [-0.2, 0) is 0 Å². The van der Waals surface area contributed by atoms with Crippen molar-refractivity contribution in [2.24, 2.45) is 0 Å². The number of hydrogen-bond acceptors (Lipinski definition) is 4. The summed E-state index contributed by atoms with van der Waals surface area (Å²) in [6.45, 7) is 0. The quantitative estimate of drug-likeness (QED) is 0.629. The normalized spacial score (nSPS) is 10.9. The van der Waals surface area contributed by atoms with E-state index in [1.165, 1.54) is 16.8 Å². The zero-order chi connectivity index (χ0) is 16.5. The van der Waals surface area contributed by atoms with Crippen molar-refractivity contribution in [3.8, 4) is 17.4 Å². The highest BCUT2D eigenvalue weighted by Gasteiger charge is 2.08. The third-order valence-corrected chi connectivity index (χ3v) is 3.42. The number of nitrogens with one attached hydrogen (secondary N) is 1. The van der Waals surface area contributed by atoms with E-state index in [0.717, 1.165) is 0 Å². The zero-order valence-corrected chi connectivity index (χ0v) is 12.3. The molecule has 0 atom stereocenters. The van der Waals surface area contributed by atoms with Gasteiger partial charge in [-0.05, 0) is 36.4 Å². The van der Waals surface area contributed by atoms with Crippen LogP contribution in [0.15, 0.2) is 65.7 Å². The smallest absolute Gasteiger partial charge is 0.260 e. The molecular weight excluding hydrogens is 311 g/mol. The van der Waals surface area contributed by atoms with Gasteiger partial charge in [0.25, 0.3) is 5.56 Å². The SMILES string of the molecule is O=c1[nH]c(-n2cccn2)nc2ccc(Oc3cccc(F)c3)cc12. The molecule has 0 fully saturated rings. The number of aromatic amines is 1. The van der Waals surface area contributed by atoms with Crippen molar-refractivity contribution >= 4 is 10.9 Å². The zero-order valence-electron chi connectivity index (χ0n) is 12.3. The van der Waals surface area contributed by atoms with Crippen LogP contribution in [0, 0.1) is 5.82 Å². The lowest BCUT2D eigenvalue weighted by Crippen LogP contribution is -2.13. The van der Waals surface area contributed by atoms with Crippen molar-refractivity contribution in [1.29, 1.82) is 0 Å². The Bertz CT molecular complexity index is 1070. The van der Waals surface area contributed by atoms with Gasteiger partial charge in [-0.25, -0.2) is 14.1 Å². The number of fused-ring (bicyclic) bond motifs is 1. The molecule has 24 heavy (non-hydrogen) atoms. The van der Waals surface area contributed by atoms with Crippen LogP contribution in [0.25, 0.3) is 16.9 Å². The second-order valence-corrected chi connectivity index (χ2v) is 5.08. The summed E-state index contributed by atoms with van der Waals surface area (Å²) in [4.78, 5) is 19.3. The predicted molar refractivity (Wildman–Crippen MR) is 86.0 cm³/mol. The minimum absolute atomic E-state index is 0.310. The molecule has 0 saturated heterocycles. The molecule has 1 N–H and O–H groups in total. The van der Waals surface area contributed by atoms with Crippen LogP contribution in [0.3, 0.4) is 0 Å². The molecule has 7 heteroatoms. The summed E-state index contributed by atoms with van der Waals surface area (Å²) in [6, 6.07) is 12.4. The summed E-state index contributed by atoms with van der Waals surface area (Å²) in [5.41, 5.74) is 0.200. The Morgan fingerprint density at radius 3 is 2.75 bits per heavy atom. The van der Waals surface area contributed by atoms with Crippen molar-refractivity contribution in [1.82, 2.24) is 19.7 Å². The topological polar surface area (TPSA) is 72.8 Å². The average molecular weight is 322 g/mol. The Morgan fingerprint density at radius 2 is 1.96 bits per heavy atom. The van der Waals surface area contributed by atoms with E-state index in [-0.39, 0.29) is 5.56 Å². The predicted octanol–water partition coefficient (Wildman–Crippen LogP) is 3.04. The van der Waals surface area contributed by atoms with Gasteiger partial charge in [-0.15, -0.1) is 0 Å². The van der Waals surface area contributed by atoms with Gasteiger partial charge in [-0.2, -0.15) is 5.10 Å². The van der Waals surface area contributed by atoms with Crippen molar-refractivity contribution in [3.63, 3.8) is 0 Å². The van der Waals surface area contributed by atoms with Gasteiger partial charge in [0, 0.05) is 18.5 Å². The number of nitrogens with zero attached hydrogens (tertiary/aromatic N) is 3.